The molecule has 2 aliphatic rings. The summed E-state index contributed by atoms with van der Waals surface area (Å²) in [5, 5.41) is 2.31. The summed E-state index contributed by atoms with van der Waals surface area (Å²) in [6.45, 7) is 4.99. The van der Waals surface area contributed by atoms with Crippen molar-refractivity contribution in [2.45, 2.75) is 24.8 Å². The molecule has 20 heavy (non-hydrogen) atoms. The number of nitrogens with one attached hydrogen (secondary N) is 1. The molecule has 1 saturated heterocycles. The zero-order valence-corrected chi connectivity index (χ0v) is 12.4. The van der Waals surface area contributed by atoms with E-state index in [1.165, 1.54) is 24.0 Å². The number of nitrogens with two attached hydrogens (primary N) is 1. The third kappa shape index (κ3) is 3.38. The average molecular weight is 274 g/mol. The van der Waals surface area contributed by atoms with Gasteiger partial charge in [-0.05, 0) is 36.9 Å². The third-order valence-corrected chi connectivity index (χ3v) is 4.46. The van der Waals surface area contributed by atoms with Gasteiger partial charge in [0, 0.05) is 32.7 Å². The summed E-state index contributed by atoms with van der Waals surface area (Å²) in [5.41, 5.74) is 12.3. The van der Waals surface area contributed by atoms with Crippen molar-refractivity contribution >= 4 is 0 Å². The minimum absolute atomic E-state index is 0.228. The fourth-order valence-corrected chi connectivity index (χ4v) is 2.84. The maximum atomic E-state index is 5.96. The first kappa shape index (κ1) is 14.0. The molecule has 1 atom stereocenters. The van der Waals surface area contributed by atoms with Gasteiger partial charge in [0.1, 0.15) is 0 Å². The molecule has 3 N–H and O–H groups in total. The number of rotatable bonds is 5. The van der Waals surface area contributed by atoms with Gasteiger partial charge in [-0.25, -0.2) is 10.4 Å². The fourth-order valence-electron chi connectivity index (χ4n) is 2.84. The number of hydrazine groups is 1. The fraction of sp³-hybridized carbons (Fsp3) is 0.625. The van der Waals surface area contributed by atoms with Gasteiger partial charge in [0.15, 0.2) is 0 Å². The van der Waals surface area contributed by atoms with Crippen LogP contribution in [-0.4, -0.2) is 49.7 Å². The molecule has 0 aromatic heterocycles. The summed E-state index contributed by atoms with van der Waals surface area (Å²) in [6.07, 6.45) is 2.72. The summed E-state index contributed by atoms with van der Waals surface area (Å²) in [7, 11) is 2.17. The molecule has 0 amide bonds. The predicted octanol–water partition coefficient (Wildman–Crippen LogP) is 1.32. The SMILES string of the molecule is CN1CCN(NC(CN)c2ccc(C3CC3)cc2)CC1. The molecule has 0 radical (unpaired) electrons. The molecule has 3 rings (SSSR count). The molecule has 1 aliphatic heterocycles. The topological polar surface area (TPSA) is 44.5 Å². The third-order valence-electron chi connectivity index (χ3n) is 4.46. The summed E-state index contributed by atoms with van der Waals surface area (Å²) in [6, 6.07) is 9.28. The Kier molecular flexibility index (Phi) is 4.36. The lowest BCUT2D eigenvalue weighted by molar-refractivity contribution is 0.0880. The molecule has 1 unspecified atom stereocenters. The number of piperazine rings is 1. The van der Waals surface area contributed by atoms with E-state index < -0.39 is 0 Å². The molecule has 2 fully saturated rings. The van der Waals surface area contributed by atoms with Crippen LogP contribution >= 0.6 is 0 Å². The number of hydrogen-bond acceptors (Lipinski definition) is 4. The molecule has 4 nitrogen and oxygen atoms in total. The van der Waals surface area contributed by atoms with Gasteiger partial charge < -0.3 is 10.6 Å². The second-order valence-corrected chi connectivity index (χ2v) is 6.15. The van der Waals surface area contributed by atoms with Crippen molar-refractivity contribution in [3.63, 3.8) is 0 Å². The Morgan fingerprint density at radius 3 is 2.35 bits per heavy atom. The smallest absolute Gasteiger partial charge is 0.0587 e. The van der Waals surface area contributed by atoms with Crippen LogP contribution in [0.2, 0.25) is 0 Å². The van der Waals surface area contributed by atoms with E-state index in [0.717, 1.165) is 32.1 Å². The Labute approximate surface area is 121 Å². The Bertz CT molecular complexity index is 419. The highest BCUT2D eigenvalue weighted by Gasteiger charge is 2.23. The lowest BCUT2D eigenvalue weighted by Crippen LogP contribution is -2.52. The minimum atomic E-state index is 0.228. The standard InChI is InChI=1S/C16H26N4/c1-19-8-10-20(11-9-19)18-16(12-17)15-6-4-14(5-7-15)13-2-3-13/h4-7,13,16,18H,2-3,8-12,17H2,1H3. The number of likely N-dealkylation sites (N-methyl/N-ethyl adjacent to an activating group) is 1. The Morgan fingerprint density at radius 1 is 1.15 bits per heavy atom. The van der Waals surface area contributed by atoms with Crippen LogP contribution in [0.4, 0.5) is 0 Å². The van der Waals surface area contributed by atoms with Crippen molar-refractivity contribution in [1.82, 2.24) is 15.3 Å². The highest BCUT2D eigenvalue weighted by molar-refractivity contribution is 5.29. The molecular formula is C16H26N4. The van der Waals surface area contributed by atoms with E-state index in [4.69, 9.17) is 5.73 Å². The second kappa shape index (κ2) is 6.22. The first-order valence-electron chi connectivity index (χ1n) is 7.76. The summed E-state index contributed by atoms with van der Waals surface area (Å²) in [4.78, 5) is 2.36. The maximum Gasteiger partial charge on any atom is 0.0587 e. The second-order valence-electron chi connectivity index (χ2n) is 6.15. The van der Waals surface area contributed by atoms with Gasteiger partial charge in [0.25, 0.3) is 0 Å². The molecule has 0 spiro atoms. The van der Waals surface area contributed by atoms with Crippen LogP contribution in [0.3, 0.4) is 0 Å². The summed E-state index contributed by atoms with van der Waals surface area (Å²) < 4.78 is 0. The quantitative estimate of drug-likeness (QED) is 0.850. The first-order valence-corrected chi connectivity index (χ1v) is 7.76. The Morgan fingerprint density at radius 2 is 1.80 bits per heavy atom. The molecule has 1 aromatic carbocycles. The monoisotopic (exact) mass is 274 g/mol. The van der Waals surface area contributed by atoms with Crippen molar-refractivity contribution in [3.8, 4) is 0 Å². The summed E-state index contributed by atoms with van der Waals surface area (Å²) in [5.74, 6) is 0.825. The van der Waals surface area contributed by atoms with E-state index in [1.807, 2.05) is 0 Å². The van der Waals surface area contributed by atoms with Crippen LogP contribution in [-0.2, 0) is 0 Å². The van der Waals surface area contributed by atoms with E-state index in [9.17, 15) is 0 Å². The van der Waals surface area contributed by atoms with Gasteiger partial charge in [0.05, 0.1) is 6.04 Å². The van der Waals surface area contributed by atoms with E-state index in [2.05, 4.69) is 46.6 Å². The van der Waals surface area contributed by atoms with Crippen LogP contribution in [0.1, 0.15) is 35.9 Å². The lowest BCUT2D eigenvalue weighted by atomic mass is 10.0. The van der Waals surface area contributed by atoms with Gasteiger partial charge in [0.2, 0.25) is 0 Å². The molecular weight excluding hydrogens is 248 g/mol. The van der Waals surface area contributed by atoms with Gasteiger partial charge in [-0.15, -0.1) is 0 Å². The summed E-state index contributed by atoms with van der Waals surface area (Å²) >= 11 is 0. The molecule has 4 heteroatoms. The minimum Gasteiger partial charge on any atom is -0.329 e. The van der Waals surface area contributed by atoms with Crippen molar-refractivity contribution in [2.24, 2.45) is 5.73 Å². The van der Waals surface area contributed by atoms with Crippen LogP contribution in [0.5, 0.6) is 0 Å². The van der Waals surface area contributed by atoms with Crippen LogP contribution < -0.4 is 11.2 Å². The predicted molar refractivity (Wildman–Crippen MR) is 82.4 cm³/mol. The highest BCUT2D eigenvalue weighted by atomic mass is 15.5. The molecule has 1 heterocycles. The lowest BCUT2D eigenvalue weighted by Gasteiger charge is -2.35. The van der Waals surface area contributed by atoms with Gasteiger partial charge in [-0.2, -0.15) is 0 Å². The average Bonchev–Trinajstić information content (AvgIpc) is 3.32. The van der Waals surface area contributed by atoms with Crippen molar-refractivity contribution in [1.29, 1.82) is 0 Å². The molecule has 1 aliphatic carbocycles. The molecule has 1 saturated carbocycles. The van der Waals surface area contributed by atoms with E-state index >= 15 is 0 Å². The van der Waals surface area contributed by atoms with E-state index in [0.29, 0.717) is 6.54 Å². The number of hydrogen-bond donors (Lipinski definition) is 2. The highest BCUT2D eigenvalue weighted by Crippen LogP contribution is 2.40. The number of nitrogens with zero attached hydrogens (tertiary/aromatic N) is 2. The van der Waals surface area contributed by atoms with Crippen LogP contribution in [0.15, 0.2) is 24.3 Å². The van der Waals surface area contributed by atoms with Gasteiger partial charge in [-0.3, -0.25) is 0 Å². The Hall–Kier alpha value is -0.940. The molecule has 110 valence electrons. The molecule has 0 bridgehead atoms. The normalized spacial score (nSPS) is 22.9. The number of benzene rings is 1. The van der Waals surface area contributed by atoms with E-state index in [-0.39, 0.29) is 6.04 Å². The Balaban J connectivity index is 1.60. The maximum absolute atomic E-state index is 5.96. The van der Waals surface area contributed by atoms with Crippen molar-refractivity contribution < 1.29 is 0 Å². The zero-order valence-electron chi connectivity index (χ0n) is 12.4. The van der Waals surface area contributed by atoms with Crippen LogP contribution in [0.25, 0.3) is 0 Å². The van der Waals surface area contributed by atoms with Crippen LogP contribution in [0, 0.1) is 0 Å². The molecule has 1 aromatic rings. The van der Waals surface area contributed by atoms with Crippen molar-refractivity contribution in [2.75, 3.05) is 39.8 Å². The zero-order chi connectivity index (χ0) is 13.9. The van der Waals surface area contributed by atoms with E-state index in [1.54, 1.807) is 0 Å². The van der Waals surface area contributed by atoms with Gasteiger partial charge >= 0.3 is 0 Å². The largest absolute Gasteiger partial charge is 0.329 e. The first-order chi connectivity index (χ1) is 9.76. The van der Waals surface area contributed by atoms with Crippen molar-refractivity contribution in [3.05, 3.63) is 35.4 Å². The van der Waals surface area contributed by atoms with Gasteiger partial charge in [-0.1, -0.05) is 24.3 Å².